The van der Waals surface area contributed by atoms with Crippen LogP contribution in [0.5, 0.6) is 0 Å². The van der Waals surface area contributed by atoms with Crippen LogP contribution >= 0.6 is 11.6 Å². The van der Waals surface area contributed by atoms with Crippen LogP contribution < -0.4 is 16.4 Å². The van der Waals surface area contributed by atoms with E-state index in [0.717, 1.165) is 25.7 Å². The minimum absolute atomic E-state index is 0.0265. The molecule has 0 bridgehead atoms. The van der Waals surface area contributed by atoms with Crippen molar-refractivity contribution >= 4 is 40.3 Å². The molecule has 1 saturated carbocycles. The second kappa shape index (κ2) is 9.70. The molecule has 2 aliphatic rings. The van der Waals surface area contributed by atoms with Crippen molar-refractivity contribution < 1.29 is 9.59 Å². The van der Waals surface area contributed by atoms with Gasteiger partial charge in [0.2, 0.25) is 5.95 Å². The van der Waals surface area contributed by atoms with E-state index in [1.165, 1.54) is 4.57 Å². The van der Waals surface area contributed by atoms with Crippen LogP contribution in [0.25, 0.3) is 10.9 Å². The highest BCUT2D eigenvalue weighted by Gasteiger charge is 2.47. The number of hydrogen-bond donors (Lipinski definition) is 2. The van der Waals surface area contributed by atoms with Gasteiger partial charge in [0.25, 0.3) is 17.4 Å². The average molecular weight is 494 g/mol. The van der Waals surface area contributed by atoms with Crippen molar-refractivity contribution in [2.24, 2.45) is 5.92 Å². The first-order valence-corrected chi connectivity index (χ1v) is 12.5. The Bertz CT molecular complexity index is 1340. The Morgan fingerprint density at radius 3 is 2.71 bits per heavy atom. The number of nitrogens with zero attached hydrogens (tertiary/aromatic N) is 3. The normalized spacial score (nSPS) is 21.5. The first-order chi connectivity index (χ1) is 17.0. The number of carbonyl (C=O) groups excluding carboxylic acids is 2. The lowest BCUT2D eigenvalue weighted by Crippen LogP contribution is -2.51. The highest BCUT2D eigenvalue weighted by molar-refractivity contribution is 6.31. The molecule has 2 aromatic carbocycles. The summed E-state index contributed by atoms with van der Waals surface area (Å²) in [7, 11) is 0. The molecule has 2 heterocycles. The number of amides is 2. The lowest BCUT2D eigenvalue weighted by Gasteiger charge is -2.33. The van der Waals surface area contributed by atoms with E-state index in [-0.39, 0.29) is 35.3 Å². The van der Waals surface area contributed by atoms with Crippen LogP contribution in [0.2, 0.25) is 5.02 Å². The van der Waals surface area contributed by atoms with E-state index in [1.807, 2.05) is 13.0 Å². The smallest absolute Gasteiger partial charge is 0.262 e. The fourth-order valence-electron chi connectivity index (χ4n) is 5.51. The Balaban J connectivity index is 1.41. The summed E-state index contributed by atoms with van der Waals surface area (Å²) in [5.41, 5.74) is 6.43. The molecule has 182 valence electrons. The highest BCUT2D eigenvalue weighted by Crippen LogP contribution is 2.40. The third-order valence-corrected chi connectivity index (χ3v) is 7.41. The molecule has 1 aromatic heterocycles. The summed E-state index contributed by atoms with van der Waals surface area (Å²) >= 11 is 6.14. The fraction of sp³-hybridized carbons (Fsp3) is 0.385. The van der Waals surface area contributed by atoms with Crippen molar-refractivity contribution in [2.45, 2.75) is 57.7 Å². The maximum atomic E-state index is 13.5. The Morgan fingerprint density at radius 2 is 1.91 bits per heavy atom. The van der Waals surface area contributed by atoms with Gasteiger partial charge in [-0.05, 0) is 62.4 Å². The first-order valence-electron chi connectivity index (χ1n) is 12.1. The number of carbonyl (C=O) groups is 2. The first kappa shape index (κ1) is 23.4. The van der Waals surface area contributed by atoms with Gasteiger partial charge in [0.05, 0.1) is 10.9 Å². The van der Waals surface area contributed by atoms with Gasteiger partial charge < -0.3 is 4.90 Å². The molecule has 1 aliphatic heterocycles. The molecule has 0 radical (unpaired) electrons. The van der Waals surface area contributed by atoms with E-state index in [1.54, 1.807) is 47.4 Å². The van der Waals surface area contributed by atoms with Crippen LogP contribution in [0.4, 0.5) is 5.95 Å². The van der Waals surface area contributed by atoms with Gasteiger partial charge in [-0.3, -0.25) is 29.8 Å². The molecule has 0 spiro atoms. The second-order valence-corrected chi connectivity index (χ2v) is 9.64. The molecule has 35 heavy (non-hydrogen) atoms. The van der Waals surface area contributed by atoms with Crippen LogP contribution in [0.3, 0.4) is 0 Å². The van der Waals surface area contributed by atoms with Crippen molar-refractivity contribution in [1.29, 1.82) is 0 Å². The van der Waals surface area contributed by atoms with Gasteiger partial charge in [0.1, 0.15) is 6.04 Å². The molecule has 3 unspecified atom stereocenters. The molecule has 2 amide bonds. The Hall–Kier alpha value is -3.39. The number of hydrogen-bond acceptors (Lipinski definition) is 5. The molecule has 2 N–H and O–H groups in total. The monoisotopic (exact) mass is 493 g/mol. The van der Waals surface area contributed by atoms with E-state index in [2.05, 4.69) is 15.8 Å². The van der Waals surface area contributed by atoms with Crippen molar-refractivity contribution in [2.75, 3.05) is 5.43 Å². The number of para-hydroxylation sites is 1. The predicted molar refractivity (Wildman–Crippen MR) is 135 cm³/mol. The van der Waals surface area contributed by atoms with E-state index in [0.29, 0.717) is 34.5 Å². The number of aromatic nitrogens is 2. The van der Waals surface area contributed by atoms with Gasteiger partial charge in [-0.1, -0.05) is 42.6 Å². The van der Waals surface area contributed by atoms with E-state index in [4.69, 9.17) is 11.6 Å². The molecule has 1 saturated heterocycles. The van der Waals surface area contributed by atoms with Gasteiger partial charge in [-0.15, -0.1) is 0 Å². The highest BCUT2D eigenvalue weighted by atomic mass is 35.5. The van der Waals surface area contributed by atoms with Gasteiger partial charge in [0, 0.05) is 23.2 Å². The minimum atomic E-state index is -0.621. The molecular formula is C26H28ClN5O3. The number of anilines is 1. The van der Waals surface area contributed by atoms with E-state index in [9.17, 15) is 14.4 Å². The summed E-state index contributed by atoms with van der Waals surface area (Å²) in [6.45, 7) is 2.24. The quantitative estimate of drug-likeness (QED) is 0.524. The molecule has 8 nitrogen and oxygen atoms in total. The Kier molecular flexibility index (Phi) is 6.47. The molecular weight excluding hydrogens is 466 g/mol. The summed E-state index contributed by atoms with van der Waals surface area (Å²) < 4.78 is 1.48. The summed E-state index contributed by atoms with van der Waals surface area (Å²) in [6, 6.07) is 13.4. The van der Waals surface area contributed by atoms with E-state index >= 15 is 0 Å². The Morgan fingerprint density at radius 1 is 1.11 bits per heavy atom. The standard InChI is InChI=1S/C26H28ClN5O3/c1-2-31-25(35)19-11-4-5-12-20(19)28-26(31)30-29-23(33)22-15-16-8-3-6-13-21(16)32(22)24(34)17-9-7-10-18(27)14-17/h4-5,7,9-12,14,16,21-22H,2-3,6,8,13,15H2,1H3,(H,28,30)(H,29,33). The third-order valence-electron chi connectivity index (χ3n) is 7.17. The number of rotatable bonds is 5. The predicted octanol–water partition coefficient (Wildman–Crippen LogP) is 3.99. The average Bonchev–Trinajstić information content (AvgIpc) is 3.27. The van der Waals surface area contributed by atoms with Crippen molar-refractivity contribution in [1.82, 2.24) is 19.9 Å². The zero-order valence-corrected chi connectivity index (χ0v) is 20.3. The summed E-state index contributed by atoms with van der Waals surface area (Å²) in [6.07, 6.45) is 4.64. The molecule has 3 atom stereocenters. The lowest BCUT2D eigenvalue weighted by atomic mass is 9.84. The van der Waals surface area contributed by atoms with Crippen molar-refractivity contribution in [3.8, 4) is 0 Å². The number of fused-ring (bicyclic) bond motifs is 2. The van der Waals surface area contributed by atoms with Crippen LogP contribution in [0, 0.1) is 5.92 Å². The summed E-state index contributed by atoms with van der Waals surface area (Å²) in [5, 5.41) is 1.00. The number of halogens is 1. The largest absolute Gasteiger partial charge is 0.323 e. The Labute approximate surface area is 208 Å². The second-order valence-electron chi connectivity index (χ2n) is 9.20. The van der Waals surface area contributed by atoms with Gasteiger partial charge in [-0.25, -0.2) is 4.98 Å². The maximum Gasteiger partial charge on any atom is 0.262 e. The van der Waals surface area contributed by atoms with Crippen molar-refractivity contribution in [3.05, 3.63) is 69.5 Å². The topological polar surface area (TPSA) is 96.3 Å². The number of likely N-dealkylation sites (tertiary alicyclic amines) is 1. The summed E-state index contributed by atoms with van der Waals surface area (Å²) in [4.78, 5) is 46.1. The minimum Gasteiger partial charge on any atom is -0.323 e. The third kappa shape index (κ3) is 4.38. The SMILES string of the molecule is CCn1c(NNC(=O)C2CC3CCCCC3N2C(=O)c2cccc(Cl)c2)nc2ccccc2c1=O. The van der Waals surface area contributed by atoms with E-state index < -0.39 is 6.04 Å². The zero-order valence-electron chi connectivity index (χ0n) is 19.5. The van der Waals surface area contributed by atoms with Crippen LogP contribution in [0.1, 0.15) is 49.4 Å². The van der Waals surface area contributed by atoms with Crippen LogP contribution in [-0.2, 0) is 11.3 Å². The number of hydrazine groups is 1. The zero-order chi connectivity index (χ0) is 24.5. The van der Waals surface area contributed by atoms with Gasteiger partial charge >= 0.3 is 0 Å². The summed E-state index contributed by atoms with van der Waals surface area (Å²) in [5.74, 6) is 0.0408. The molecule has 1 aliphatic carbocycles. The maximum absolute atomic E-state index is 13.5. The van der Waals surface area contributed by atoms with Crippen LogP contribution in [0.15, 0.2) is 53.3 Å². The van der Waals surface area contributed by atoms with Crippen LogP contribution in [-0.4, -0.2) is 38.3 Å². The fourth-order valence-corrected chi connectivity index (χ4v) is 5.70. The number of nitrogens with one attached hydrogen (secondary N) is 2. The molecule has 2 fully saturated rings. The van der Waals surface area contributed by atoms with Crippen molar-refractivity contribution in [3.63, 3.8) is 0 Å². The number of benzene rings is 2. The molecule has 9 heteroatoms. The van der Waals surface area contributed by atoms with Gasteiger partial charge in [0.15, 0.2) is 0 Å². The molecule has 3 aromatic rings. The van der Waals surface area contributed by atoms with Gasteiger partial charge in [-0.2, -0.15) is 0 Å². The molecule has 5 rings (SSSR count). The lowest BCUT2D eigenvalue weighted by molar-refractivity contribution is -0.124.